The highest BCUT2D eigenvalue weighted by Gasteiger charge is 2.78. The van der Waals surface area contributed by atoms with E-state index in [0.717, 1.165) is 6.42 Å². The van der Waals surface area contributed by atoms with E-state index in [0.29, 0.717) is 12.8 Å². The molecular weight excluding hydrogens is 400 g/mol. The first kappa shape index (κ1) is 22.5. The number of hydrogen-bond donors (Lipinski definition) is 2. The first-order valence-corrected chi connectivity index (χ1v) is 11.2. The molecule has 0 aromatic carbocycles. The molecule has 0 aliphatic heterocycles. The molecular formula is C24H34O7. The fourth-order valence-corrected chi connectivity index (χ4v) is 8.04. The molecule has 4 fully saturated rings. The zero-order chi connectivity index (χ0) is 23.1. The molecule has 0 aromatic heterocycles. The first-order valence-electron chi connectivity index (χ1n) is 11.2. The quantitative estimate of drug-likeness (QED) is 0.506. The van der Waals surface area contributed by atoms with Crippen LogP contribution in [0.25, 0.3) is 0 Å². The molecule has 0 amide bonds. The molecule has 4 aliphatic rings. The second-order valence-corrected chi connectivity index (χ2v) is 11.0. The summed E-state index contributed by atoms with van der Waals surface area (Å²) in [5.41, 5.74) is -2.21. The van der Waals surface area contributed by atoms with Crippen LogP contribution in [0, 0.1) is 34.0 Å². The number of esters is 2. The van der Waals surface area contributed by atoms with Crippen LogP contribution in [0.5, 0.6) is 0 Å². The second kappa shape index (κ2) is 6.88. The lowest BCUT2D eigenvalue weighted by Gasteiger charge is -2.67. The van der Waals surface area contributed by atoms with Crippen LogP contribution in [0.4, 0.5) is 0 Å². The summed E-state index contributed by atoms with van der Waals surface area (Å²) in [6, 6.07) is 0. The Hall–Kier alpha value is -1.73. The number of carbonyl (C=O) groups excluding carboxylic acids is 3. The van der Waals surface area contributed by atoms with Crippen molar-refractivity contribution in [3.8, 4) is 0 Å². The summed E-state index contributed by atoms with van der Waals surface area (Å²) in [7, 11) is 0. The summed E-state index contributed by atoms with van der Waals surface area (Å²) in [5, 5.41) is 22.8. The van der Waals surface area contributed by atoms with Crippen molar-refractivity contribution in [3.05, 3.63) is 12.2 Å². The number of ketones is 1. The van der Waals surface area contributed by atoms with Gasteiger partial charge in [0.05, 0.1) is 17.6 Å². The van der Waals surface area contributed by atoms with Crippen LogP contribution in [-0.2, 0) is 23.9 Å². The Balaban J connectivity index is 1.97. The third-order valence-corrected chi connectivity index (χ3v) is 9.12. The Morgan fingerprint density at radius 1 is 1.06 bits per heavy atom. The molecule has 9 atom stereocenters. The fourth-order valence-electron chi connectivity index (χ4n) is 8.04. The lowest BCUT2D eigenvalue weighted by molar-refractivity contribution is -0.279. The van der Waals surface area contributed by atoms with Gasteiger partial charge >= 0.3 is 11.9 Å². The molecule has 4 rings (SSSR count). The van der Waals surface area contributed by atoms with Gasteiger partial charge in [0.15, 0.2) is 5.78 Å². The van der Waals surface area contributed by atoms with Crippen molar-refractivity contribution in [2.24, 2.45) is 34.0 Å². The summed E-state index contributed by atoms with van der Waals surface area (Å²) in [4.78, 5) is 37.7. The number of ether oxygens (including phenoxy) is 2. The molecule has 7 heteroatoms. The van der Waals surface area contributed by atoms with Gasteiger partial charge in [-0.1, -0.05) is 27.4 Å². The van der Waals surface area contributed by atoms with E-state index in [-0.39, 0.29) is 29.1 Å². The maximum absolute atomic E-state index is 13.6. The van der Waals surface area contributed by atoms with Gasteiger partial charge in [0, 0.05) is 31.1 Å². The van der Waals surface area contributed by atoms with Crippen LogP contribution in [0.3, 0.4) is 0 Å². The topological polar surface area (TPSA) is 110 Å². The minimum atomic E-state index is -1.52. The van der Waals surface area contributed by atoms with Gasteiger partial charge in [0.1, 0.15) is 12.2 Å². The maximum Gasteiger partial charge on any atom is 0.302 e. The number of aliphatic hydroxyl groups is 2. The summed E-state index contributed by atoms with van der Waals surface area (Å²) in [5.74, 6) is -2.60. The minimum Gasteiger partial charge on any atom is -0.462 e. The molecule has 0 unspecified atom stereocenters. The standard InChI is InChI=1S/C24H34O7/c1-11-14-9-15(30-12(2)25)19-23(6)16(10-17(27)24(19,20(11)28)21(14)29)22(4,5)8-7-18(23)31-13(3)26/h14-19,21,27,29H,1,7-10H2,2-6H3/t14-,15-,16+,17+,18+,19-,21-,23-,24+/m0/s1. The Kier molecular flexibility index (Phi) is 4.99. The number of fused-ring (bicyclic) bond motifs is 3. The zero-order valence-electron chi connectivity index (χ0n) is 19.0. The Morgan fingerprint density at radius 2 is 1.68 bits per heavy atom. The van der Waals surface area contributed by atoms with E-state index in [9.17, 15) is 24.6 Å². The Morgan fingerprint density at radius 3 is 2.26 bits per heavy atom. The number of Topliss-reactive ketones (excluding diaryl/α,β-unsaturated/α-hetero) is 1. The van der Waals surface area contributed by atoms with E-state index in [1.54, 1.807) is 0 Å². The normalized spacial score (nSPS) is 47.9. The van der Waals surface area contributed by atoms with Gasteiger partial charge in [-0.25, -0.2) is 0 Å². The van der Waals surface area contributed by atoms with Gasteiger partial charge in [-0.2, -0.15) is 0 Å². The summed E-state index contributed by atoms with van der Waals surface area (Å²) >= 11 is 0. The average Bonchev–Trinajstić information content (AvgIpc) is 2.76. The monoisotopic (exact) mass is 434 g/mol. The highest BCUT2D eigenvalue weighted by Crippen LogP contribution is 2.71. The third kappa shape index (κ3) is 2.75. The lowest BCUT2D eigenvalue weighted by atomic mass is 9.38. The molecule has 4 saturated carbocycles. The number of aliphatic hydroxyl groups excluding tert-OH is 2. The molecule has 0 saturated heterocycles. The van der Waals surface area contributed by atoms with Gasteiger partial charge in [-0.15, -0.1) is 0 Å². The van der Waals surface area contributed by atoms with Crippen molar-refractivity contribution in [1.29, 1.82) is 0 Å². The van der Waals surface area contributed by atoms with Crippen molar-refractivity contribution in [2.45, 2.75) is 84.7 Å². The smallest absolute Gasteiger partial charge is 0.302 e. The predicted octanol–water partition coefficient (Wildman–Crippen LogP) is 2.18. The first-order chi connectivity index (χ1) is 14.3. The average molecular weight is 435 g/mol. The van der Waals surface area contributed by atoms with E-state index < -0.39 is 59.0 Å². The maximum atomic E-state index is 13.6. The number of hydrogen-bond acceptors (Lipinski definition) is 7. The molecule has 2 N–H and O–H groups in total. The molecule has 0 heterocycles. The largest absolute Gasteiger partial charge is 0.462 e. The highest BCUT2D eigenvalue weighted by molar-refractivity contribution is 6.04. The zero-order valence-corrected chi connectivity index (χ0v) is 19.0. The van der Waals surface area contributed by atoms with Gasteiger partial charge in [-0.3, -0.25) is 14.4 Å². The van der Waals surface area contributed by atoms with Gasteiger partial charge in [-0.05, 0) is 42.6 Å². The van der Waals surface area contributed by atoms with Crippen molar-refractivity contribution < 1.29 is 34.1 Å². The lowest BCUT2D eigenvalue weighted by Crippen LogP contribution is -2.73. The van der Waals surface area contributed by atoms with Gasteiger partial charge < -0.3 is 19.7 Å². The summed E-state index contributed by atoms with van der Waals surface area (Å²) in [6.07, 6.45) is -1.46. The van der Waals surface area contributed by atoms with Crippen molar-refractivity contribution >= 4 is 17.7 Å². The van der Waals surface area contributed by atoms with E-state index >= 15 is 0 Å². The molecule has 0 radical (unpaired) electrons. The number of rotatable bonds is 2. The molecule has 7 nitrogen and oxygen atoms in total. The van der Waals surface area contributed by atoms with Gasteiger partial charge in [0.2, 0.25) is 0 Å². The Labute approximate surface area is 183 Å². The van der Waals surface area contributed by atoms with Crippen LogP contribution in [0.15, 0.2) is 12.2 Å². The van der Waals surface area contributed by atoms with E-state index in [1.165, 1.54) is 13.8 Å². The molecule has 172 valence electrons. The molecule has 31 heavy (non-hydrogen) atoms. The number of carbonyl (C=O) groups is 3. The molecule has 0 aromatic rings. The third-order valence-electron chi connectivity index (χ3n) is 9.12. The second-order valence-electron chi connectivity index (χ2n) is 11.0. The molecule has 2 bridgehead atoms. The molecule has 1 spiro atoms. The van der Waals surface area contributed by atoms with Crippen LogP contribution in [0.2, 0.25) is 0 Å². The van der Waals surface area contributed by atoms with E-state index in [1.807, 2.05) is 6.92 Å². The predicted molar refractivity (Wildman–Crippen MR) is 111 cm³/mol. The minimum absolute atomic E-state index is 0.104. The van der Waals surface area contributed by atoms with Crippen molar-refractivity contribution in [3.63, 3.8) is 0 Å². The SMILES string of the molecule is C=C1C(=O)[C@@]23[C@H](O)C[C@@H]4C(C)(C)CC[C@@H](OC(C)=O)[C@@]4(C)[C@@H]2[C@@H](OC(C)=O)C[C@@H]1[C@@H]3O. The van der Waals surface area contributed by atoms with Crippen LogP contribution < -0.4 is 0 Å². The van der Waals surface area contributed by atoms with Crippen LogP contribution in [-0.4, -0.2) is 52.4 Å². The summed E-state index contributed by atoms with van der Waals surface area (Å²) < 4.78 is 11.6. The van der Waals surface area contributed by atoms with E-state index in [2.05, 4.69) is 20.4 Å². The van der Waals surface area contributed by atoms with Crippen LogP contribution >= 0.6 is 0 Å². The van der Waals surface area contributed by atoms with Gasteiger partial charge in [0.25, 0.3) is 0 Å². The van der Waals surface area contributed by atoms with E-state index in [4.69, 9.17) is 9.47 Å². The van der Waals surface area contributed by atoms with Crippen molar-refractivity contribution in [1.82, 2.24) is 0 Å². The fraction of sp³-hybridized carbons (Fsp3) is 0.792. The summed E-state index contributed by atoms with van der Waals surface area (Å²) in [6.45, 7) is 12.9. The van der Waals surface area contributed by atoms with Crippen molar-refractivity contribution in [2.75, 3.05) is 0 Å². The van der Waals surface area contributed by atoms with Crippen LogP contribution in [0.1, 0.15) is 60.3 Å². The molecule has 4 aliphatic carbocycles. The highest BCUT2D eigenvalue weighted by atomic mass is 16.6. The Bertz CT molecular complexity index is 847.